The third kappa shape index (κ3) is 3.64. The third-order valence-electron chi connectivity index (χ3n) is 2.67. The average Bonchev–Trinajstić information content (AvgIpc) is 2.34. The summed E-state index contributed by atoms with van der Waals surface area (Å²) < 4.78 is 0. The number of nitrogens with zero attached hydrogens (tertiary/aromatic N) is 2. The highest BCUT2D eigenvalue weighted by molar-refractivity contribution is 5.94. The van der Waals surface area contributed by atoms with Crippen LogP contribution in [0, 0.1) is 6.92 Å². The summed E-state index contributed by atoms with van der Waals surface area (Å²) in [5.41, 5.74) is 1.59. The van der Waals surface area contributed by atoms with E-state index >= 15 is 0 Å². The van der Waals surface area contributed by atoms with Crippen LogP contribution in [0.1, 0.15) is 40.4 Å². The molecule has 1 aromatic heterocycles. The Balaban J connectivity index is 3.02. The Morgan fingerprint density at radius 1 is 1.42 bits per heavy atom. The Labute approximate surface area is 112 Å². The smallest absolute Gasteiger partial charge is 0.337 e. The van der Waals surface area contributed by atoms with E-state index in [1.165, 1.54) is 12.1 Å². The first kappa shape index (κ1) is 14.9. The highest BCUT2D eigenvalue weighted by atomic mass is 16.4. The number of hydrogen-bond acceptors (Lipinski definition) is 3. The molecular weight excluding hydrogens is 244 g/mol. The van der Waals surface area contributed by atoms with E-state index in [0.717, 1.165) is 5.57 Å². The number of pyridine rings is 1. The number of likely N-dealkylation sites (N-methyl/N-ethyl adjacent to an activating group) is 1. The summed E-state index contributed by atoms with van der Waals surface area (Å²) in [6.45, 7) is 10.1. The number of aromatic carboxylic acids is 1. The molecular formula is C14H18N2O3. The number of aromatic nitrogens is 1. The molecule has 19 heavy (non-hydrogen) atoms. The van der Waals surface area contributed by atoms with E-state index in [1.54, 1.807) is 11.8 Å². The van der Waals surface area contributed by atoms with Crippen molar-refractivity contribution < 1.29 is 14.7 Å². The van der Waals surface area contributed by atoms with Crippen LogP contribution in [0.3, 0.4) is 0 Å². The van der Waals surface area contributed by atoms with Gasteiger partial charge >= 0.3 is 5.97 Å². The summed E-state index contributed by atoms with van der Waals surface area (Å²) in [7, 11) is 0. The second kappa shape index (κ2) is 6.13. The van der Waals surface area contributed by atoms with Crippen LogP contribution in [0.4, 0.5) is 0 Å². The molecule has 0 atom stereocenters. The molecule has 0 aromatic carbocycles. The molecule has 1 aromatic rings. The lowest BCUT2D eigenvalue weighted by Crippen LogP contribution is -2.33. The van der Waals surface area contributed by atoms with Crippen LogP contribution in [0.2, 0.25) is 0 Å². The molecule has 0 radical (unpaired) electrons. The lowest BCUT2D eigenvalue weighted by atomic mass is 10.1. The van der Waals surface area contributed by atoms with Crippen molar-refractivity contribution in [2.45, 2.75) is 20.8 Å². The van der Waals surface area contributed by atoms with E-state index < -0.39 is 5.97 Å². The molecule has 1 amide bonds. The summed E-state index contributed by atoms with van der Waals surface area (Å²) in [6, 6.07) is 2.85. The molecule has 0 aliphatic heterocycles. The first-order valence-electron chi connectivity index (χ1n) is 6.01. The number of aryl methyl sites for hydroxylation is 1. The minimum Gasteiger partial charge on any atom is -0.478 e. The second-order valence-electron chi connectivity index (χ2n) is 4.41. The lowest BCUT2D eigenvalue weighted by molar-refractivity contribution is 0.0692. The van der Waals surface area contributed by atoms with E-state index in [2.05, 4.69) is 11.6 Å². The number of carbonyl (C=O) groups is 2. The molecule has 0 bridgehead atoms. The molecule has 0 fully saturated rings. The van der Waals surface area contributed by atoms with Gasteiger partial charge < -0.3 is 10.0 Å². The van der Waals surface area contributed by atoms with E-state index in [4.69, 9.17) is 5.11 Å². The first-order chi connectivity index (χ1) is 8.86. The van der Waals surface area contributed by atoms with E-state index in [9.17, 15) is 9.59 Å². The van der Waals surface area contributed by atoms with Gasteiger partial charge in [0.15, 0.2) is 0 Å². The maximum Gasteiger partial charge on any atom is 0.337 e. The van der Waals surface area contributed by atoms with E-state index in [0.29, 0.717) is 18.8 Å². The topological polar surface area (TPSA) is 70.5 Å². The van der Waals surface area contributed by atoms with Crippen LogP contribution in [-0.2, 0) is 0 Å². The van der Waals surface area contributed by atoms with Crippen LogP contribution in [0.5, 0.6) is 0 Å². The second-order valence-corrected chi connectivity index (χ2v) is 4.41. The minimum absolute atomic E-state index is 0.111. The Bertz CT molecular complexity index is 523. The molecule has 5 heteroatoms. The summed E-state index contributed by atoms with van der Waals surface area (Å²) in [5.74, 6) is -1.26. The quantitative estimate of drug-likeness (QED) is 0.825. The normalized spacial score (nSPS) is 10.1. The number of amides is 1. The SMILES string of the molecule is C=C(C)CN(CC)C(=O)c1ccc(C(=O)O)c(C)n1. The Hall–Kier alpha value is -2.17. The van der Waals surface area contributed by atoms with Crippen molar-refractivity contribution in [2.24, 2.45) is 0 Å². The average molecular weight is 262 g/mol. The molecule has 0 unspecified atom stereocenters. The van der Waals surface area contributed by atoms with Gasteiger partial charge in [0, 0.05) is 13.1 Å². The van der Waals surface area contributed by atoms with Gasteiger partial charge in [-0.2, -0.15) is 0 Å². The Morgan fingerprint density at radius 3 is 2.47 bits per heavy atom. The van der Waals surface area contributed by atoms with Gasteiger partial charge in [0.05, 0.1) is 11.3 Å². The molecule has 0 spiro atoms. The predicted molar refractivity (Wildman–Crippen MR) is 72.3 cm³/mol. The van der Waals surface area contributed by atoms with Crippen molar-refractivity contribution in [1.82, 2.24) is 9.88 Å². The number of carboxylic acid groups (broad SMARTS) is 1. The van der Waals surface area contributed by atoms with Crippen LogP contribution in [0.25, 0.3) is 0 Å². The van der Waals surface area contributed by atoms with Crippen LogP contribution < -0.4 is 0 Å². The van der Waals surface area contributed by atoms with Crippen molar-refractivity contribution in [3.05, 3.63) is 41.2 Å². The summed E-state index contributed by atoms with van der Waals surface area (Å²) in [4.78, 5) is 28.8. The maximum atomic E-state index is 12.2. The Kier molecular flexibility index (Phi) is 4.80. The Morgan fingerprint density at radius 2 is 2.05 bits per heavy atom. The van der Waals surface area contributed by atoms with Crippen molar-refractivity contribution >= 4 is 11.9 Å². The fourth-order valence-corrected chi connectivity index (χ4v) is 1.72. The van der Waals surface area contributed by atoms with E-state index in [-0.39, 0.29) is 17.2 Å². The lowest BCUT2D eigenvalue weighted by Gasteiger charge is -2.20. The van der Waals surface area contributed by atoms with Crippen molar-refractivity contribution in [3.63, 3.8) is 0 Å². The molecule has 0 aliphatic carbocycles. The predicted octanol–water partition coefficient (Wildman–Crippen LogP) is 2.13. The van der Waals surface area contributed by atoms with Crippen molar-refractivity contribution in [3.8, 4) is 0 Å². The monoisotopic (exact) mass is 262 g/mol. The number of hydrogen-bond donors (Lipinski definition) is 1. The summed E-state index contributed by atoms with van der Waals surface area (Å²) in [6.07, 6.45) is 0. The van der Waals surface area contributed by atoms with Gasteiger partial charge in [-0.15, -0.1) is 0 Å². The van der Waals surface area contributed by atoms with Gasteiger partial charge in [-0.05, 0) is 32.9 Å². The fourth-order valence-electron chi connectivity index (χ4n) is 1.72. The molecule has 1 N–H and O–H groups in total. The number of carboxylic acids is 1. The van der Waals surface area contributed by atoms with E-state index in [1.807, 2.05) is 13.8 Å². The van der Waals surface area contributed by atoms with Crippen LogP contribution in [0.15, 0.2) is 24.3 Å². The van der Waals surface area contributed by atoms with Gasteiger partial charge in [-0.25, -0.2) is 9.78 Å². The third-order valence-corrected chi connectivity index (χ3v) is 2.67. The highest BCUT2D eigenvalue weighted by Crippen LogP contribution is 2.10. The largest absolute Gasteiger partial charge is 0.478 e. The molecule has 102 valence electrons. The van der Waals surface area contributed by atoms with Gasteiger partial charge in [0.1, 0.15) is 5.69 Å². The van der Waals surface area contributed by atoms with Crippen LogP contribution in [-0.4, -0.2) is 40.0 Å². The maximum absolute atomic E-state index is 12.2. The summed E-state index contributed by atoms with van der Waals surface area (Å²) >= 11 is 0. The minimum atomic E-state index is -1.04. The van der Waals surface area contributed by atoms with Crippen molar-refractivity contribution in [1.29, 1.82) is 0 Å². The molecule has 0 aliphatic rings. The standard InChI is InChI=1S/C14H18N2O3/c1-5-16(8-9(2)3)13(17)12-7-6-11(14(18)19)10(4)15-12/h6-7H,2,5,8H2,1,3-4H3,(H,18,19). The highest BCUT2D eigenvalue weighted by Gasteiger charge is 2.17. The van der Waals surface area contributed by atoms with Crippen LogP contribution >= 0.6 is 0 Å². The first-order valence-corrected chi connectivity index (χ1v) is 6.01. The van der Waals surface area contributed by atoms with Gasteiger partial charge in [0.2, 0.25) is 0 Å². The number of rotatable bonds is 5. The molecule has 5 nitrogen and oxygen atoms in total. The van der Waals surface area contributed by atoms with Gasteiger partial charge in [-0.1, -0.05) is 12.2 Å². The zero-order valence-electron chi connectivity index (χ0n) is 11.4. The molecule has 1 heterocycles. The molecule has 0 saturated carbocycles. The van der Waals surface area contributed by atoms with Gasteiger partial charge in [-0.3, -0.25) is 4.79 Å². The van der Waals surface area contributed by atoms with Crippen molar-refractivity contribution in [2.75, 3.05) is 13.1 Å². The summed E-state index contributed by atoms with van der Waals surface area (Å²) in [5, 5.41) is 8.92. The zero-order chi connectivity index (χ0) is 14.6. The fraction of sp³-hybridized carbons (Fsp3) is 0.357. The van der Waals surface area contributed by atoms with Gasteiger partial charge in [0.25, 0.3) is 5.91 Å². The number of carbonyl (C=O) groups excluding carboxylic acids is 1. The zero-order valence-corrected chi connectivity index (χ0v) is 11.4. The molecule has 0 saturated heterocycles. The molecule has 1 rings (SSSR count).